The van der Waals surface area contributed by atoms with Gasteiger partial charge in [0.05, 0.1) is 18.1 Å². The van der Waals surface area contributed by atoms with E-state index in [1.165, 1.54) is 0 Å². The summed E-state index contributed by atoms with van der Waals surface area (Å²) < 4.78 is 6.80. The molecule has 4 atom stereocenters. The quantitative estimate of drug-likeness (QED) is 0.634. The highest BCUT2D eigenvalue weighted by molar-refractivity contribution is 6.74. The second-order valence-electron chi connectivity index (χ2n) is 10.4. The first-order chi connectivity index (χ1) is 10.8. The summed E-state index contributed by atoms with van der Waals surface area (Å²) in [6.45, 7) is 18.2. The summed E-state index contributed by atoms with van der Waals surface area (Å²) in [7, 11) is -1.85. The van der Waals surface area contributed by atoms with E-state index in [1.54, 1.807) is 0 Å². The summed E-state index contributed by atoms with van der Waals surface area (Å²) in [5, 5.41) is 9.80. The van der Waals surface area contributed by atoms with Gasteiger partial charge in [-0.05, 0) is 47.7 Å². The lowest BCUT2D eigenvalue weighted by atomic mass is 9.47. The van der Waals surface area contributed by atoms with Crippen molar-refractivity contribution in [1.29, 1.82) is 5.26 Å². The van der Waals surface area contributed by atoms with Crippen molar-refractivity contribution in [3.05, 3.63) is 0 Å². The Kier molecular flexibility index (Phi) is 4.87. The third-order valence-electron chi connectivity index (χ3n) is 7.53. The van der Waals surface area contributed by atoms with E-state index in [9.17, 15) is 10.1 Å². The van der Waals surface area contributed by atoms with Crippen LogP contribution in [-0.4, -0.2) is 20.2 Å². The van der Waals surface area contributed by atoms with Crippen LogP contribution in [0.1, 0.15) is 67.2 Å². The van der Waals surface area contributed by atoms with Crippen molar-refractivity contribution >= 4 is 14.1 Å². The monoisotopic (exact) mass is 349 g/mol. The van der Waals surface area contributed by atoms with E-state index in [4.69, 9.17) is 4.43 Å². The number of carbonyl (C=O) groups is 1. The number of fused-ring (bicyclic) bond motifs is 1. The molecule has 0 aromatic heterocycles. The van der Waals surface area contributed by atoms with Crippen molar-refractivity contribution in [3.8, 4) is 6.07 Å². The van der Waals surface area contributed by atoms with Crippen molar-refractivity contribution in [2.45, 2.75) is 91.5 Å². The lowest BCUT2D eigenvalue weighted by Gasteiger charge is -2.59. The summed E-state index contributed by atoms with van der Waals surface area (Å²) in [5.41, 5.74) is -0.132. The van der Waals surface area contributed by atoms with E-state index in [1.807, 2.05) is 0 Å². The summed E-state index contributed by atoms with van der Waals surface area (Å²) >= 11 is 0. The van der Waals surface area contributed by atoms with Crippen LogP contribution in [0.3, 0.4) is 0 Å². The summed E-state index contributed by atoms with van der Waals surface area (Å²) in [4.78, 5) is 12.3. The van der Waals surface area contributed by atoms with E-state index in [0.717, 1.165) is 12.8 Å². The highest BCUT2D eigenvalue weighted by atomic mass is 28.4. The van der Waals surface area contributed by atoms with Gasteiger partial charge in [0.2, 0.25) is 0 Å². The first-order valence-electron chi connectivity index (χ1n) is 9.35. The molecule has 24 heavy (non-hydrogen) atoms. The van der Waals surface area contributed by atoms with E-state index >= 15 is 0 Å². The summed E-state index contributed by atoms with van der Waals surface area (Å²) in [6.07, 6.45) is 3.22. The highest BCUT2D eigenvalue weighted by Gasteiger charge is 2.58. The average molecular weight is 350 g/mol. The Bertz CT molecular complexity index is 555. The van der Waals surface area contributed by atoms with Gasteiger partial charge in [-0.2, -0.15) is 5.26 Å². The molecule has 0 aliphatic heterocycles. The maximum atomic E-state index is 12.3. The molecule has 0 radical (unpaired) electrons. The maximum absolute atomic E-state index is 12.3. The molecule has 2 fully saturated rings. The minimum absolute atomic E-state index is 0.0561. The summed E-state index contributed by atoms with van der Waals surface area (Å²) in [6, 6.07) is 2.45. The zero-order chi connectivity index (χ0) is 18.6. The standard InChI is InChI=1S/C20H35NO2Si/c1-18(2,3)24(7,8)23-17-9-10-20(6)14(13-21)11-15(22)12-16(20)19(17,4)5/h14,16-17H,9-12H2,1-8H3/t14-,16+,17+,20-/m1/s1. The molecule has 2 aliphatic carbocycles. The van der Waals surface area contributed by atoms with Crippen molar-refractivity contribution in [1.82, 2.24) is 0 Å². The van der Waals surface area contributed by atoms with Gasteiger partial charge in [0.1, 0.15) is 5.78 Å². The normalized spacial score (nSPS) is 36.8. The SMILES string of the molecule is CC1(C)[C@@H](O[Si](C)(C)C(C)(C)C)CC[C@]2(C)[C@@H](C#N)CC(=O)C[C@@H]12. The fourth-order valence-corrected chi connectivity index (χ4v) is 6.17. The number of hydrogen-bond acceptors (Lipinski definition) is 3. The van der Waals surface area contributed by atoms with Crippen LogP contribution in [0.4, 0.5) is 0 Å². The van der Waals surface area contributed by atoms with Crippen LogP contribution in [0.25, 0.3) is 0 Å². The number of rotatable bonds is 2. The number of nitrogens with zero attached hydrogens (tertiary/aromatic N) is 1. The van der Waals surface area contributed by atoms with Crippen LogP contribution in [-0.2, 0) is 9.22 Å². The molecule has 2 rings (SSSR count). The minimum Gasteiger partial charge on any atom is -0.413 e. The van der Waals surface area contributed by atoms with E-state index < -0.39 is 8.32 Å². The molecule has 2 aliphatic rings. The van der Waals surface area contributed by atoms with Crippen molar-refractivity contribution in [3.63, 3.8) is 0 Å². The molecule has 2 saturated carbocycles. The molecule has 136 valence electrons. The third-order valence-corrected chi connectivity index (χ3v) is 12.0. The lowest BCUT2D eigenvalue weighted by Crippen LogP contribution is -2.58. The molecule has 0 spiro atoms. The number of Topliss-reactive ketones (excluding diaryl/α,β-unsaturated/α-hetero) is 1. The Hall–Kier alpha value is -0.663. The van der Waals surface area contributed by atoms with Gasteiger partial charge >= 0.3 is 0 Å². The zero-order valence-corrected chi connectivity index (χ0v) is 17.8. The second kappa shape index (κ2) is 5.95. The third kappa shape index (κ3) is 3.10. The highest BCUT2D eigenvalue weighted by Crippen LogP contribution is 2.60. The van der Waals surface area contributed by atoms with Crippen molar-refractivity contribution in [2.75, 3.05) is 0 Å². The Morgan fingerprint density at radius 3 is 2.29 bits per heavy atom. The van der Waals surface area contributed by atoms with Crippen LogP contribution in [0.15, 0.2) is 0 Å². The molecular weight excluding hydrogens is 314 g/mol. The molecule has 0 unspecified atom stereocenters. The van der Waals surface area contributed by atoms with E-state index in [-0.39, 0.29) is 39.6 Å². The lowest BCUT2D eigenvalue weighted by molar-refractivity contribution is -0.147. The van der Waals surface area contributed by atoms with Gasteiger partial charge in [-0.3, -0.25) is 4.79 Å². The molecular formula is C20H35NO2Si. The Morgan fingerprint density at radius 2 is 1.79 bits per heavy atom. The predicted octanol–water partition coefficient (Wildman–Crippen LogP) is 5.32. The van der Waals surface area contributed by atoms with E-state index in [0.29, 0.717) is 12.8 Å². The fraction of sp³-hybridized carbons (Fsp3) is 0.900. The minimum atomic E-state index is -1.85. The van der Waals surface area contributed by atoms with Gasteiger partial charge in [0.15, 0.2) is 8.32 Å². The molecule has 0 aromatic carbocycles. The first kappa shape index (κ1) is 19.7. The number of carbonyl (C=O) groups excluding carboxylic acids is 1. The topological polar surface area (TPSA) is 50.1 Å². The molecule has 0 aromatic rings. The molecule has 0 bridgehead atoms. The fourth-order valence-electron chi connectivity index (χ4n) is 4.68. The van der Waals surface area contributed by atoms with Crippen LogP contribution in [0.5, 0.6) is 0 Å². The second-order valence-corrected chi connectivity index (χ2v) is 15.2. The van der Waals surface area contributed by atoms with Gasteiger partial charge in [0.25, 0.3) is 0 Å². The average Bonchev–Trinajstić information content (AvgIpc) is 2.42. The Labute approximate surface area is 149 Å². The van der Waals surface area contributed by atoms with Crippen LogP contribution in [0, 0.1) is 34.0 Å². The molecule has 0 heterocycles. The zero-order valence-electron chi connectivity index (χ0n) is 16.8. The Balaban J connectivity index is 2.33. The van der Waals surface area contributed by atoms with Gasteiger partial charge in [-0.1, -0.05) is 41.5 Å². The number of ketones is 1. The first-order valence-corrected chi connectivity index (χ1v) is 12.3. The largest absolute Gasteiger partial charge is 0.413 e. The predicted molar refractivity (Wildman–Crippen MR) is 100 cm³/mol. The van der Waals surface area contributed by atoms with Gasteiger partial charge in [-0.25, -0.2) is 0 Å². The Morgan fingerprint density at radius 1 is 1.21 bits per heavy atom. The van der Waals surface area contributed by atoms with Gasteiger partial charge in [0, 0.05) is 12.8 Å². The summed E-state index contributed by atoms with van der Waals surface area (Å²) in [5.74, 6) is 0.348. The van der Waals surface area contributed by atoms with E-state index in [2.05, 4.69) is 60.7 Å². The van der Waals surface area contributed by atoms with Crippen LogP contribution >= 0.6 is 0 Å². The molecule has 0 saturated heterocycles. The smallest absolute Gasteiger partial charge is 0.192 e. The molecule has 4 heteroatoms. The molecule has 0 N–H and O–H groups in total. The van der Waals surface area contributed by atoms with Crippen LogP contribution < -0.4 is 0 Å². The van der Waals surface area contributed by atoms with Crippen LogP contribution in [0.2, 0.25) is 18.1 Å². The van der Waals surface area contributed by atoms with Crippen molar-refractivity contribution in [2.24, 2.45) is 22.7 Å². The maximum Gasteiger partial charge on any atom is 0.192 e. The van der Waals surface area contributed by atoms with Gasteiger partial charge in [-0.15, -0.1) is 0 Å². The molecule has 0 amide bonds. The number of hydrogen-bond donors (Lipinski definition) is 0. The van der Waals surface area contributed by atoms with Crippen molar-refractivity contribution < 1.29 is 9.22 Å². The number of nitriles is 1. The van der Waals surface area contributed by atoms with Gasteiger partial charge < -0.3 is 4.43 Å². The molecule has 3 nitrogen and oxygen atoms in total.